The van der Waals surface area contributed by atoms with Crippen LogP contribution in [0.4, 0.5) is 37.8 Å². The van der Waals surface area contributed by atoms with Crippen LogP contribution in [0.25, 0.3) is 22.2 Å². The van der Waals surface area contributed by atoms with Crippen LogP contribution >= 0.6 is 0 Å². The van der Waals surface area contributed by atoms with Gasteiger partial charge in [-0.05, 0) is 74.8 Å². The number of esters is 1. The Hall–Kier alpha value is -4.26. The standard InChI is InChI=1S/C31H29F6N5O2/c1-2-44-29(43)20-5-4-15-42(18-20)16-13-26-40-25-17-19(27-24(31(35,36)37)6-3-14-38-27)7-12-23(25)28(41-26)39-22-10-8-21(9-11-22)30(32,33)34/h3,6-12,14,17,20H,2,4-5,13,15-16,18H2,1H3,(H,39,40,41). The number of carbonyl (C=O) groups excluding carboxylic acids is 1. The molecule has 0 bridgehead atoms. The molecule has 232 valence electrons. The summed E-state index contributed by atoms with van der Waals surface area (Å²) in [5.41, 5.74) is -1.08. The molecular formula is C31H29F6N5O2. The van der Waals surface area contributed by atoms with Gasteiger partial charge in [0.15, 0.2) is 0 Å². The minimum absolute atomic E-state index is 0.198. The summed E-state index contributed by atoms with van der Waals surface area (Å²) in [4.78, 5) is 27.6. The van der Waals surface area contributed by atoms with Crippen LogP contribution in [0.3, 0.4) is 0 Å². The molecule has 0 saturated carbocycles. The predicted octanol–water partition coefficient (Wildman–Crippen LogP) is 7.29. The van der Waals surface area contributed by atoms with Crippen molar-refractivity contribution < 1.29 is 35.9 Å². The second-order valence-electron chi connectivity index (χ2n) is 10.5. The third-order valence-corrected chi connectivity index (χ3v) is 7.38. The number of pyridine rings is 1. The minimum Gasteiger partial charge on any atom is -0.466 e. The largest absolute Gasteiger partial charge is 0.466 e. The first-order valence-electron chi connectivity index (χ1n) is 14.1. The molecule has 1 unspecified atom stereocenters. The van der Waals surface area contributed by atoms with E-state index in [0.29, 0.717) is 48.5 Å². The summed E-state index contributed by atoms with van der Waals surface area (Å²) in [5, 5.41) is 3.51. The average molecular weight is 618 g/mol. The predicted molar refractivity (Wildman–Crippen MR) is 152 cm³/mol. The van der Waals surface area contributed by atoms with E-state index in [-0.39, 0.29) is 29.0 Å². The van der Waals surface area contributed by atoms with Crippen LogP contribution in [0.15, 0.2) is 60.8 Å². The Morgan fingerprint density at radius 3 is 2.50 bits per heavy atom. The van der Waals surface area contributed by atoms with Crippen molar-refractivity contribution in [2.45, 2.75) is 38.5 Å². The molecule has 4 aromatic rings. The van der Waals surface area contributed by atoms with Gasteiger partial charge in [0.2, 0.25) is 0 Å². The van der Waals surface area contributed by atoms with Crippen molar-refractivity contribution in [3.63, 3.8) is 0 Å². The van der Waals surface area contributed by atoms with E-state index in [2.05, 4.69) is 25.2 Å². The van der Waals surface area contributed by atoms with Crippen molar-refractivity contribution in [3.05, 3.63) is 77.7 Å². The molecule has 3 heterocycles. The molecule has 5 rings (SSSR count). The highest BCUT2D eigenvalue weighted by molar-refractivity contribution is 5.93. The maximum absolute atomic E-state index is 13.7. The number of halogens is 6. The molecule has 1 fully saturated rings. The normalized spacial score (nSPS) is 16.2. The van der Waals surface area contributed by atoms with E-state index >= 15 is 0 Å². The molecule has 7 nitrogen and oxygen atoms in total. The smallest absolute Gasteiger partial charge is 0.418 e. The molecule has 2 aromatic carbocycles. The lowest BCUT2D eigenvalue weighted by Gasteiger charge is -2.31. The SMILES string of the molecule is CCOC(=O)C1CCCN(CCc2nc(Nc3ccc(C(F)(F)F)cc3)c3ccc(-c4ncccc4C(F)(F)F)cc3n2)C1. The van der Waals surface area contributed by atoms with Gasteiger partial charge in [-0.3, -0.25) is 9.78 Å². The van der Waals surface area contributed by atoms with Gasteiger partial charge >= 0.3 is 18.3 Å². The maximum atomic E-state index is 13.7. The number of carbonyl (C=O) groups is 1. The number of aromatic nitrogens is 3. The summed E-state index contributed by atoms with van der Waals surface area (Å²) < 4.78 is 85.7. The number of nitrogens with one attached hydrogen (secondary N) is 1. The van der Waals surface area contributed by atoms with Crippen LogP contribution in [-0.4, -0.2) is 52.1 Å². The Kier molecular flexibility index (Phi) is 9.05. The van der Waals surface area contributed by atoms with Crippen molar-refractivity contribution in [1.82, 2.24) is 19.9 Å². The summed E-state index contributed by atoms with van der Waals surface area (Å²) in [5.74, 6) is 0.195. The Morgan fingerprint density at radius 2 is 1.80 bits per heavy atom. The Bertz CT molecular complexity index is 1630. The van der Waals surface area contributed by atoms with Crippen LogP contribution in [0.1, 0.15) is 36.7 Å². The fourth-order valence-electron chi connectivity index (χ4n) is 5.24. The highest BCUT2D eigenvalue weighted by atomic mass is 19.4. The summed E-state index contributed by atoms with van der Waals surface area (Å²) in [6.45, 7) is 3.87. The summed E-state index contributed by atoms with van der Waals surface area (Å²) in [6, 6.07) is 11.1. The van der Waals surface area contributed by atoms with Gasteiger partial charge in [-0.1, -0.05) is 6.07 Å². The molecule has 2 aromatic heterocycles. The molecule has 0 spiro atoms. The van der Waals surface area contributed by atoms with E-state index in [1.165, 1.54) is 36.5 Å². The third kappa shape index (κ3) is 7.26. The fourth-order valence-corrected chi connectivity index (χ4v) is 5.24. The fraction of sp³-hybridized carbons (Fsp3) is 0.355. The molecule has 44 heavy (non-hydrogen) atoms. The topological polar surface area (TPSA) is 80.2 Å². The minimum atomic E-state index is -4.62. The van der Waals surface area contributed by atoms with Gasteiger partial charge in [-0.2, -0.15) is 26.3 Å². The highest BCUT2D eigenvalue weighted by Crippen LogP contribution is 2.37. The van der Waals surface area contributed by atoms with E-state index in [1.54, 1.807) is 13.0 Å². The van der Waals surface area contributed by atoms with Crippen LogP contribution in [-0.2, 0) is 28.3 Å². The summed E-state index contributed by atoms with van der Waals surface area (Å²) in [7, 11) is 0. The average Bonchev–Trinajstić information content (AvgIpc) is 2.99. The van der Waals surface area contributed by atoms with Gasteiger partial charge in [-0.25, -0.2) is 9.97 Å². The number of ether oxygens (including phenoxy) is 1. The number of likely N-dealkylation sites (tertiary alicyclic amines) is 1. The van der Waals surface area contributed by atoms with Gasteiger partial charge in [-0.15, -0.1) is 0 Å². The van der Waals surface area contributed by atoms with E-state index in [1.807, 2.05) is 0 Å². The van der Waals surface area contributed by atoms with Gasteiger partial charge in [0.05, 0.1) is 34.9 Å². The lowest BCUT2D eigenvalue weighted by Crippen LogP contribution is -2.40. The zero-order valence-electron chi connectivity index (χ0n) is 23.7. The molecule has 0 amide bonds. The van der Waals surface area contributed by atoms with Crippen molar-refractivity contribution in [1.29, 1.82) is 0 Å². The summed E-state index contributed by atoms with van der Waals surface area (Å²) >= 11 is 0. The summed E-state index contributed by atoms with van der Waals surface area (Å²) in [6.07, 6.45) is -5.93. The first kappa shape index (κ1) is 31.2. The number of hydrogen-bond donors (Lipinski definition) is 1. The van der Waals surface area contributed by atoms with Crippen molar-refractivity contribution >= 4 is 28.4 Å². The van der Waals surface area contributed by atoms with Gasteiger partial charge < -0.3 is 15.0 Å². The number of piperidine rings is 1. The second-order valence-corrected chi connectivity index (χ2v) is 10.5. The zero-order chi connectivity index (χ0) is 31.5. The lowest BCUT2D eigenvalue weighted by atomic mass is 9.98. The molecule has 1 saturated heterocycles. The van der Waals surface area contributed by atoms with E-state index in [9.17, 15) is 31.1 Å². The number of hydrogen-bond acceptors (Lipinski definition) is 7. The van der Waals surface area contributed by atoms with E-state index < -0.39 is 23.5 Å². The Labute approximate surface area is 249 Å². The van der Waals surface area contributed by atoms with Crippen LogP contribution < -0.4 is 5.32 Å². The number of benzene rings is 2. The maximum Gasteiger partial charge on any atom is 0.418 e. The lowest BCUT2D eigenvalue weighted by molar-refractivity contribution is -0.150. The molecule has 13 heteroatoms. The van der Waals surface area contributed by atoms with Crippen LogP contribution in [0.5, 0.6) is 0 Å². The van der Waals surface area contributed by atoms with Crippen LogP contribution in [0, 0.1) is 5.92 Å². The molecule has 0 aliphatic carbocycles. The molecule has 0 radical (unpaired) electrons. The van der Waals surface area contributed by atoms with Crippen LogP contribution in [0.2, 0.25) is 0 Å². The quantitative estimate of drug-likeness (QED) is 0.164. The molecular weight excluding hydrogens is 588 g/mol. The van der Waals surface area contributed by atoms with Crippen molar-refractivity contribution in [2.75, 3.05) is 31.6 Å². The van der Waals surface area contributed by atoms with Crippen molar-refractivity contribution in [2.24, 2.45) is 5.92 Å². The van der Waals surface area contributed by atoms with Gasteiger partial charge in [0.25, 0.3) is 0 Å². The van der Waals surface area contributed by atoms with Gasteiger partial charge in [0, 0.05) is 42.3 Å². The molecule has 1 aliphatic rings. The van der Waals surface area contributed by atoms with Gasteiger partial charge in [0.1, 0.15) is 11.6 Å². The molecule has 1 N–H and O–H groups in total. The number of nitrogens with zero attached hydrogens (tertiary/aromatic N) is 4. The Morgan fingerprint density at radius 1 is 1.02 bits per heavy atom. The number of fused-ring (bicyclic) bond motifs is 1. The number of anilines is 2. The zero-order valence-corrected chi connectivity index (χ0v) is 23.7. The van der Waals surface area contributed by atoms with Crippen molar-refractivity contribution in [3.8, 4) is 11.3 Å². The number of rotatable bonds is 8. The number of alkyl halides is 6. The molecule has 1 atom stereocenters. The monoisotopic (exact) mass is 617 g/mol. The first-order chi connectivity index (χ1) is 20.9. The second kappa shape index (κ2) is 12.8. The first-order valence-corrected chi connectivity index (χ1v) is 14.1. The third-order valence-electron chi connectivity index (χ3n) is 7.38. The highest BCUT2D eigenvalue weighted by Gasteiger charge is 2.34. The van der Waals surface area contributed by atoms with E-state index in [4.69, 9.17) is 4.74 Å². The van der Waals surface area contributed by atoms with E-state index in [0.717, 1.165) is 37.6 Å². The molecule has 1 aliphatic heterocycles. The Balaban J connectivity index is 1.48.